The average molecular weight is 436 g/mol. The van der Waals surface area contributed by atoms with Crippen LogP contribution in [0.2, 0.25) is 0 Å². The maximum Gasteiger partial charge on any atom is 0.251 e. The lowest BCUT2D eigenvalue weighted by molar-refractivity contribution is -0.127. The second-order valence-electron chi connectivity index (χ2n) is 8.70. The maximum atomic E-state index is 12.8. The van der Waals surface area contributed by atoms with E-state index in [2.05, 4.69) is 44.8 Å². The third kappa shape index (κ3) is 6.29. The fourth-order valence-corrected chi connectivity index (χ4v) is 4.44. The van der Waals surface area contributed by atoms with E-state index < -0.39 is 0 Å². The number of benzene rings is 1. The molecule has 0 bridgehead atoms. The van der Waals surface area contributed by atoms with Gasteiger partial charge in [0.25, 0.3) is 5.91 Å². The highest BCUT2D eigenvalue weighted by Gasteiger charge is 2.22. The van der Waals surface area contributed by atoms with E-state index >= 15 is 0 Å². The van der Waals surface area contributed by atoms with E-state index in [0.29, 0.717) is 17.8 Å². The highest BCUT2D eigenvalue weighted by atomic mass is 16.2. The van der Waals surface area contributed by atoms with Crippen molar-refractivity contribution in [2.45, 2.75) is 44.7 Å². The number of hydrogen-bond donors (Lipinski definition) is 2. The van der Waals surface area contributed by atoms with Crippen LogP contribution in [0.4, 0.5) is 5.82 Å². The highest BCUT2D eigenvalue weighted by Crippen LogP contribution is 2.15. The van der Waals surface area contributed by atoms with Crippen LogP contribution in [-0.4, -0.2) is 65.4 Å². The van der Waals surface area contributed by atoms with Crippen molar-refractivity contribution < 1.29 is 9.59 Å². The van der Waals surface area contributed by atoms with Gasteiger partial charge in [0.15, 0.2) is 0 Å². The lowest BCUT2D eigenvalue weighted by atomic mass is 10.0. The summed E-state index contributed by atoms with van der Waals surface area (Å²) < 4.78 is 0. The summed E-state index contributed by atoms with van der Waals surface area (Å²) in [6.45, 7) is 5.31. The summed E-state index contributed by atoms with van der Waals surface area (Å²) in [6, 6.07) is 14.3. The highest BCUT2D eigenvalue weighted by molar-refractivity contribution is 5.95. The fraction of sp³-hybridized carbons (Fsp3) is 0.480. The molecular formula is C25H33N5O2. The first-order chi connectivity index (χ1) is 15.7. The number of anilines is 1. The molecule has 170 valence electrons. The SMILES string of the molecule is O=C(NC1CCN(Cc2ccccc2)CC1)c1ccnc(NCCCN2CCCC2=O)c1. The number of nitrogens with one attached hydrogen (secondary N) is 2. The first kappa shape index (κ1) is 22.3. The van der Waals surface area contributed by atoms with E-state index in [1.54, 1.807) is 18.3 Å². The minimum absolute atomic E-state index is 0.0420. The Labute approximate surface area is 190 Å². The molecule has 1 aromatic carbocycles. The number of amides is 2. The van der Waals surface area contributed by atoms with Crippen molar-refractivity contribution in [2.24, 2.45) is 0 Å². The van der Waals surface area contributed by atoms with E-state index in [0.717, 1.165) is 65.0 Å². The number of pyridine rings is 1. The monoisotopic (exact) mass is 435 g/mol. The number of likely N-dealkylation sites (tertiary alicyclic amines) is 2. The fourth-order valence-electron chi connectivity index (χ4n) is 4.44. The Kier molecular flexibility index (Phi) is 7.72. The first-order valence-electron chi connectivity index (χ1n) is 11.7. The molecule has 2 aliphatic rings. The van der Waals surface area contributed by atoms with E-state index in [-0.39, 0.29) is 17.9 Å². The van der Waals surface area contributed by atoms with Crippen molar-refractivity contribution in [2.75, 3.05) is 38.0 Å². The molecule has 3 heterocycles. The van der Waals surface area contributed by atoms with Crippen molar-refractivity contribution in [3.8, 4) is 0 Å². The molecule has 0 spiro atoms. The summed E-state index contributed by atoms with van der Waals surface area (Å²) in [5, 5.41) is 6.47. The topological polar surface area (TPSA) is 77.6 Å². The molecule has 2 aliphatic heterocycles. The van der Waals surface area contributed by atoms with E-state index in [1.165, 1.54) is 5.56 Å². The third-order valence-corrected chi connectivity index (χ3v) is 6.28. The van der Waals surface area contributed by atoms with Gasteiger partial charge in [0.1, 0.15) is 5.82 Å². The molecule has 2 N–H and O–H groups in total. The minimum atomic E-state index is -0.0420. The molecule has 2 saturated heterocycles. The van der Waals surface area contributed by atoms with Crippen LogP contribution < -0.4 is 10.6 Å². The van der Waals surface area contributed by atoms with Crippen LogP contribution in [0.25, 0.3) is 0 Å². The molecule has 4 rings (SSSR count). The van der Waals surface area contributed by atoms with Gasteiger partial charge >= 0.3 is 0 Å². The molecule has 0 atom stereocenters. The largest absolute Gasteiger partial charge is 0.370 e. The summed E-state index contributed by atoms with van der Waals surface area (Å²) in [5.41, 5.74) is 1.96. The zero-order valence-corrected chi connectivity index (χ0v) is 18.6. The van der Waals surface area contributed by atoms with Crippen molar-refractivity contribution in [3.05, 3.63) is 59.8 Å². The van der Waals surface area contributed by atoms with Gasteiger partial charge in [-0.15, -0.1) is 0 Å². The Bertz CT molecular complexity index is 896. The smallest absolute Gasteiger partial charge is 0.251 e. The van der Waals surface area contributed by atoms with Gasteiger partial charge < -0.3 is 15.5 Å². The molecule has 2 amide bonds. The van der Waals surface area contributed by atoms with Gasteiger partial charge in [0.2, 0.25) is 5.91 Å². The number of hydrogen-bond acceptors (Lipinski definition) is 5. The van der Waals surface area contributed by atoms with Crippen LogP contribution in [-0.2, 0) is 11.3 Å². The molecule has 1 aromatic heterocycles. The number of carbonyl (C=O) groups excluding carboxylic acids is 2. The number of aromatic nitrogens is 1. The molecule has 7 nitrogen and oxygen atoms in total. The normalized spacial score (nSPS) is 17.5. The van der Waals surface area contributed by atoms with E-state index in [9.17, 15) is 9.59 Å². The molecule has 0 aliphatic carbocycles. The average Bonchev–Trinajstić information content (AvgIpc) is 3.23. The molecule has 2 fully saturated rings. The minimum Gasteiger partial charge on any atom is -0.370 e. The summed E-state index contributed by atoms with van der Waals surface area (Å²) in [7, 11) is 0. The Morgan fingerprint density at radius 1 is 1.09 bits per heavy atom. The molecule has 7 heteroatoms. The van der Waals surface area contributed by atoms with Gasteiger partial charge in [-0.3, -0.25) is 14.5 Å². The Morgan fingerprint density at radius 2 is 1.91 bits per heavy atom. The summed E-state index contributed by atoms with van der Waals surface area (Å²) >= 11 is 0. The zero-order valence-electron chi connectivity index (χ0n) is 18.6. The molecule has 2 aromatic rings. The Hall–Kier alpha value is -2.93. The zero-order chi connectivity index (χ0) is 22.2. The standard InChI is InChI=1S/C25H33N5O2/c31-24-8-4-14-30(24)15-5-12-26-23-18-21(9-13-27-23)25(32)28-22-10-16-29(17-11-22)19-20-6-2-1-3-7-20/h1-3,6-7,9,13,18,22H,4-5,8,10-12,14-17,19H2,(H,26,27)(H,28,32). The van der Waals surface area contributed by atoms with Crippen LogP contribution in [0.1, 0.15) is 48.0 Å². The molecule has 0 saturated carbocycles. The maximum absolute atomic E-state index is 12.8. The van der Waals surface area contributed by atoms with Gasteiger partial charge in [-0.05, 0) is 43.4 Å². The predicted molar refractivity (Wildman–Crippen MR) is 125 cm³/mol. The molecule has 32 heavy (non-hydrogen) atoms. The molecular weight excluding hydrogens is 402 g/mol. The van der Waals surface area contributed by atoms with Gasteiger partial charge in [-0.2, -0.15) is 0 Å². The van der Waals surface area contributed by atoms with Gasteiger partial charge in [-0.1, -0.05) is 30.3 Å². The number of nitrogens with zero attached hydrogens (tertiary/aromatic N) is 3. The van der Waals surface area contributed by atoms with Crippen LogP contribution in [0, 0.1) is 0 Å². The van der Waals surface area contributed by atoms with Gasteiger partial charge in [0, 0.05) is 63.5 Å². The lowest BCUT2D eigenvalue weighted by Gasteiger charge is -2.32. The molecule has 0 unspecified atom stereocenters. The second kappa shape index (κ2) is 11.1. The number of carbonyl (C=O) groups is 2. The van der Waals surface area contributed by atoms with Crippen LogP contribution in [0.15, 0.2) is 48.7 Å². The Morgan fingerprint density at radius 3 is 2.66 bits per heavy atom. The van der Waals surface area contributed by atoms with Gasteiger partial charge in [0.05, 0.1) is 0 Å². The van der Waals surface area contributed by atoms with E-state index in [1.807, 2.05) is 11.0 Å². The van der Waals surface area contributed by atoms with Crippen molar-refractivity contribution in [1.82, 2.24) is 20.1 Å². The van der Waals surface area contributed by atoms with Crippen LogP contribution >= 0.6 is 0 Å². The quantitative estimate of drug-likeness (QED) is 0.592. The summed E-state index contributed by atoms with van der Waals surface area (Å²) in [5.74, 6) is 0.912. The molecule has 0 radical (unpaired) electrons. The van der Waals surface area contributed by atoms with Crippen LogP contribution in [0.5, 0.6) is 0 Å². The lowest BCUT2D eigenvalue weighted by Crippen LogP contribution is -2.44. The predicted octanol–water partition coefficient (Wildman–Crippen LogP) is 2.90. The summed E-state index contributed by atoms with van der Waals surface area (Å²) in [4.78, 5) is 33.1. The summed E-state index contributed by atoms with van der Waals surface area (Å²) in [6.07, 6.45) is 6.11. The number of piperidine rings is 1. The van der Waals surface area contributed by atoms with Crippen molar-refractivity contribution in [3.63, 3.8) is 0 Å². The second-order valence-corrected chi connectivity index (χ2v) is 8.70. The first-order valence-corrected chi connectivity index (χ1v) is 11.7. The van der Waals surface area contributed by atoms with Crippen LogP contribution in [0.3, 0.4) is 0 Å². The third-order valence-electron chi connectivity index (χ3n) is 6.28. The number of rotatable bonds is 9. The Balaban J connectivity index is 1.19. The van der Waals surface area contributed by atoms with E-state index in [4.69, 9.17) is 0 Å². The van der Waals surface area contributed by atoms with Gasteiger partial charge in [-0.25, -0.2) is 4.98 Å². The van der Waals surface area contributed by atoms with Crippen molar-refractivity contribution in [1.29, 1.82) is 0 Å². The van der Waals surface area contributed by atoms with Crippen molar-refractivity contribution >= 4 is 17.6 Å².